The fourth-order valence-electron chi connectivity index (χ4n) is 2.62. The monoisotopic (exact) mass is 348 g/mol. The van der Waals surface area contributed by atoms with Gasteiger partial charge in [0, 0.05) is 0 Å². The average molecular weight is 348 g/mol. The summed E-state index contributed by atoms with van der Waals surface area (Å²) in [7, 11) is 0. The number of hydrogen-bond acceptors (Lipinski definition) is 4. The first-order valence-corrected chi connectivity index (χ1v) is 9.41. The van der Waals surface area contributed by atoms with Crippen LogP contribution < -0.4 is 4.72 Å². The van der Waals surface area contributed by atoms with Gasteiger partial charge in [-0.25, -0.2) is 9.71 Å². The molecule has 0 aliphatic heterocycles. The Morgan fingerprint density at radius 2 is 1.33 bits per heavy atom. The van der Waals surface area contributed by atoms with Gasteiger partial charge in [0.25, 0.3) is 0 Å². The summed E-state index contributed by atoms with van der Waals surface area (Å²) in [5.74, 6) is 0. The summed E-state index contributed by atoms with van der Waals surface area (Å²) in [6.07, 6.45) is 0. The van der Waals surface area contributed by atoms with E-state index in [0.717, 1.165) is 9.86 Å². The molecule has 0 radical (unpaired) electrons. The zero-order valence-electron chi connectivity index (χ0n) is 12.9. The maximum atomic E-state index is 4.69. The molecule has 1 N–H and O–H groups in total. The molecular formula is C20H16N2S2. The molecule has 0 saturated heterocycles. The predicted molar refractivity (Wildman–Crippen MR) is 103 cm³/mol. The van der Waals surface area contributed by atoms with E-state index in [0.29, 0.717) is 0 Å². The van der Waals surface area contributed by atoms with Crippen LogP contribution in [0.3, 0.4) is 0 Å². The molecule has 0 aliphatic carbocycles. The van der Waals surface area contributed by atoms with Crippen molar-refractivity contribution in [3.63, 3.8) is 0 Å². The molecule has 0 atom stereocenters. The highest BCUT2D eigenvalue weighted by molar-refractivity contribution is 7.99. The minimum atomic E-state index is 0.129. The lowest BCUT2D eigenvalue weighted by molar-refractivity contribution is 0.803. The van der Waals surface area contributed by atoms with Crippen molar-refractivity contribution in [3.05, 3.63) is 96.1 Å². The van der Waals surface area contributed by atoms with Crippen LogP contribution in [-0.4, -0.2) is 4.98 Å². The van der Waals surface area contributed by atoms with Crippen LogP contribution in [0.2, 0.25) is 0 Å². The average Bonchev–Trinajstić information content (AvgIpc) is 3.07. The van der Waals surface area contributed by atoms with Gasteiger partial charge in [-0.3, -0.25) is 0 Å². The highest BCUT2D eigenvalue weighted by atomic mass is 32.2. The fourth-order valence-corrected chi connectivity index (χ4v) is 4.54. The Balaban J connectivity index is 1.60. The lowest BCUT2D eigenvalue weighted by Crippen LogP contribution is -2.15. The van der Waals surface area contributed by atoms with Gasteiger partial charge in [0.05, 0.1) is 16.3 Å². The summed E-state index contributed by atoms with van der Waals surface area (Å²) < 4.78 is 5.85. The Morgan fingerprint density at radius 3 is 1.96 bits per heavy atom. The van der Waals surface area contributed by atoms with E-state index >= 15 is 0 Å². The second-order valence-corrected chi connectivity index (χ2v) is 7.54. The van der Waals surface area contributed by atoms with E-state index in [1.54, 1.807) is 23.3 Å². The highest BCUT2D eigenvalue weighted by Gasteiger charge is 2.14. The standard InChI is InChI=1S/C20H16N2S2/c1-3-9-15(10-4-1)19(16-11-5-2-6-12-16)22-24-20-21-17-13-7-8-14-18(17)23-20/h1-14,19,22H. The molecule has 1 aromatic heterocycles. The summed E-state index contributed by atoms with van der Waals surface area (Å²) >= 11 is 3.32. The van der Waals surface area contributed by atoms with E-state index < -0.39 is 0 Å². The van der Waals surface area contributed by atoms with Crippen LogP contribution in [0.4, 0.5) is 0 Å². The molecule has 0 saturated carbocycles. The van der Waals surface area contributed by atoms with Crippen LogP contribution >= 0.6 is 23.3 Å². The Kier molecular flexibility index (Phi) is 4.60. The van der Waals surface area contributed by atoms with Gasteiger partial charge >= 0.3 is 0 Å². The summed E-state index contributed by atoms with van der Waals surface area (Å²) in [5.41, 5.74) is 3.55. The van der Waals surface area contributed by atoms with E-state index in [1.165, 1.54) is 15.8 Å². The Labute approximate surface area is 149 Å². The third kappa shape index (κ3) is 3.36. The van der Waals surface area contributed by atoms with Crippen molar-refractivity contribution in [2.45, 2.75) is 10.4 Å². The second kappa shape index (κ2) is 7.18. The van der Waals surface area contributed by atoms with E-state index in [9.17, 15) is 0 Å². The number of fused-ring (bicyclic) bond motifs is 1. The summed E-state index contributed by atoms with van der Waals surface area (Å²) in [4.78, 5) is 4.69. The van der Waals surface area contributed by atoms with Gasteiger partial charge in [-0.1, -0.05) is 72.8 Å². The van der Waals surface area contributed by atoms with Gasteiger partial charge in [0.2, 0.25) is 0 Å². The molecule has 0 unspecified atom stereocenters. The highest BCUT2D eigenvalue weighted by Crippen LogP contribution is 2.31. The Morgan fingerprint density at radius 1 is 0.750 bits per heavy atom. The molecule has 3 aromatic carbocycles. The zero-order chi connectivity index (χ0) is 16.2. The largest absolute Gasteiger partial charge is 0.246 e. The first-order valence-electron chi connectivity index (χ1n) is 7.78. The first kappa shape index (κ1) is 15.4. The van der Waals surface area contributed by atoms with Gasteiger partial charge in [-0.15, -0.1) is 11.3 Å². The summed E-state index contributed by atoms with van der Waals surface area (Å²) in [6.45, 7) is 0. The van der Waals surface area contributed by atoms with Crippen LogP contribution in [0.15, 0.2) is 89.3 Å². The Bertz CT molecular complexity index is 847. The third-order valence-corrected chi connectivity index (χ3v) is 5.75. The quantitative estimate of drug-likeness (QED) is 0.470. The van der Waals surface area contributed by atoms with Crippen molar-refractivity contribution in [1.82, 2.24) is 9.71 Å². The fraction of sp³-hybridized carbons (Fsp3) is 0.0500. The van der Waals surface area contributed by atoms with Gasteiger partial charge in [-0.2, -0.15) is 0 Å². The van der Waals surface area contributed by atoms with Crippen LogP contribution in [0.25, 0.3) is 10.2 Å². The van der Waals surface area contributed by atoms with E-state index in [2.05, 4.69) is 71.5 Å². The molecule has 4 aromatic rings. The Hall–Kier alpha value is -2.14. The third-order valence-electron chi connectivity index (χ3n) is 3.80. The number of hydrogen-bond donors (Lipinski definition) is 1. The van der Waals surface area contributed by atoms with Crippen molar-refractivity contribution in [2.75, 3.05) is 0 Å². The molecule has 4 rings (SSSR count). The minimum Gasteiger partial charge on any atom is -0.246 e. The molecule has 0 fully saturated rings. The van der Waals surface area contributed by atoms with Crippen molar-refractivity contribution in [1.29, 1.82) is 0 Å². The summed E-state index contributed by atoms with van der Waals surface area (Å²) in [5, 5.41) is 0. The normalized spacial score (nSPS) is 11.2. The number of nitrogens with zero attached hydrogens (tertiary/aromatic N) is 1. The van der Waals surface area contributed by atoms with E-state index in [4.69, 9.17) is 4.98 Å². The molecule has 24 heavy (non-hydrogen) atoms. The number of nitrogens with one attached hydrogen (secondary N) is 1. The zero-order valence-corrected chi connectivity index (χ0v) is 14.6. The van der Waals surface area contributed by atoms with Crippen molar-refractivity contribution in [2.24, 2.45) is 0 Å². The van der Waals surface area contributed by atoms with Gasteiger partial charge in [-0.05, 0) is 35.2 Å². The predicted octanol–water partition coefficient (Wildman–Crippen LogP) is 5.68. The maximum absolute atomic E-state index is 4.69. The number of para-hydroxylation sites is 1. The summed E-state index contributed by atoms with van der Waals surface area (Å²) in [6, 6.07) is 29.4. The van der Waals surface area contributed by atoms with Gasteiger partial charge in [0.15, 0.2) is 4.34 Å². The van der Waals surface area contributed by atoms with Crippen LogP contribution in [-0.2, 0) is 0 Å². The molecule has 1 heterocycles. The van der Waals surface area contributed by atoms with E-state index in [1.807, 2.05) is 18.2 Å². The molecule has 0 bridgehead atoms. The van der Waals surface area contributed by atoms with Gasteiger partial charge in [0.1, 0.15) is 0 Å². The number of benzene rings is 3. The SMILES string of the molecule is c1ccc(C(NSc2nc3ccccc3s2)c2ccccc2)cc1. The van der Waals surface area contributed by atoms with Gasteiger partial charge < -0.3 is 0 Å². The van der Waals surface area contributed by atoms with Crippen molar-refractivity contribution in [3.8, 4) is 0 Å². The van der Waals surface area contributed by atoms with Crippen LogP contribution in [0.1, 0.15) is 17.2 Å². The lowest BCUT2D eigenvalue weighted by atomic mass is 10.00. The van der Waals surface area contributed by atoms with Crippen LogP contribution in [0, 0.1) is 0 Å². The second-order valence-electron chi connectivity index (χ2n) is 5.42. The lowest BCUT2D eigenvalue weighted by Gasteiger charge is -2.18. The smallest absolute Gasteiger partial charge is 0.166 e. The molecule has 0 amide bonds. The number of rotatable bonds is 5. The molecule has 118 valence electrons. The van der Waals surface area contributed by atoms with E-state index in [-0.39, 0.29) is 6.04 Å². The number of aromatic nitrogens is 1. The van der Waals surface area contributed by atoms with Crippen molar-refractivity contribution < 1.29 is 0 Å². The first-order chi connectivity index (χ1) is 11.9. The maximum Gasteiger partial charge on any atom is 0.166 e. The topological polar surface area (TPSA) is 24.9 Å². The molecule has 0 spiro atoms. The molecule has 4 heteroatoms. The molecule has 2 nitrogen and oxygen atoms in total. The minimum absolute atomic E-state index is 0.129. The van der Waals surface area contributed by atoms with Crippen molar-refractivity contribution >= 4 is 33.5 Å². The van der Waals surface area contributed by atoms with Crippen LogP contribution in [0.5, 0.6) is 0 Å². The molecular weight excluding hydrogens is 332 g/mol. The number of thiazole rings is 1. The molecule has 0 aliphatic rings.